The highest BCUT2D eigenvalue weighted by Crippen LogP contribution is 2.24. The zero-order valence-corrected chi connectivity index (χ0v) is 9.22. The summed E-state index contributed by atoms with van der Waals surface area (Å²) in [5.41, 5.74) is 0.430. The number of thiophene rings is 1. The van der Waals surface area contributed by atoms with Gasteiger partial charge in [0.25, 0.3) is 5.91 Å². The van der Waals surface area contributed by atoms with E-state index >= 15 is 0 Å². The Labute approximate surface area is 94.8 Å². The average molecular weight is 245 g/mol. The molecule has 0 aliphatic carbocycles. The summed E-state index contributed by atoms with van der Waals surface area (Å²) in [4.78, 5) is 12.1. The van der Waals surface area contributed by atoms with Gasteiger partial charge < -0.3 is 5.32 Å². The van der Waals surface area contributed by atoms with Crippen LogP contribution in [0.15, 0.2) is 17.1 Å². The van der Waals surface area contributed by atoms with Crippen molar-refractivity contribution in [3.05, 3.63) is 27.0 Å². The minimum atomic E-state index is -0.223. The Balaban J connectivity index is 2.32. The predicted molar refractivity (Wildman–Crippen MR) is 61.2 cm³/mol. The quantitative estimate of drug-likeness (QED) is 0.584. The van der Waals surface area contributed by atoms with Gasteiger partial charge in [-0.15, -0.1) is 11.3 Å². The van der Waals surface area contributed by atoms with Crippen molar-refractivity contribution in [3.8, 4) is 0 Å². The summed E-state index contributed by atoms with van der Waals surface area (Å²) < 4.78 is 0. The maximum absolute atomic E-state index is 11.3. The number of hydrogen-bond donors (Lipinski definition) is 2. The SMILES string of the molecule is O=C1NC(=S)N/C1=C\c1sccc1Cl. The van der Waals surface area contributed by atoms with Gasteiger partial charge >= 0.3 is 0 Å². The lowest BCUT2D eigenvalue weighted by atomic mass is 10.3. The summed E-state index contributed by atoms with van der Waals surface area (Å²) in [5.74, 6) is -0.223. The molecular weight excluding hydrogens is 240 g/mol. The highest BCUT2D eigenvalue weighted by molar-refractivity contribution is 7.80. The van der Waals surface area contributed by atoms with Gasteiger partial charge in [-0.2, -0.15) is 0 Å². The van der Waals surface area contributed by atoms with Gasteiger partial charge in [-0.1, -0.05) is 11.6 Å². The van der Waals surface area contributed by atoms with Crippen LogP contribution in [0.25, 0.3) is 6.08 Å². The largest absolute Gasteiger partial charge is 0.328 e. The maximum Gasteiger partial charge on any atom is 0.273 e. The first-order valence-corrected chi connectivity index (χ1v) is 5.40. The third-order valence-electron chi connectivity index (χ3n) is 1.64. The molecule has 6 heteroatoms. The van der Waals surface area contributed by atoms with E-state index < -0.39 is 0 Å². The van der Waals surface area contributed by atoms with Crippen molar-refractivity contribution in [2.75, 3.05) is 0 Å². The summed E-state index contributed by atoms with van der Waals surface area (Å²) in [6.45, 7) is 0. The standard InChI is InChI=1S/C8H5ClN2OS2/c9-4-1-2-14-6(4)3-5-7(12)11-8(13)10-5/h1-3H,(H2,10,11,12,13)/b5-3-. The van der Waals surface area contributed by atoms with Gasteiger partial charge in [0.2, 0.25) is 0 Å². The first-order valence-electron chi connectivity index (χ1n) is 3.74. The molecule has 1 aromatic rings. The number of rotatable bonds is 1. The fraction of sp³-hybridized carbons (Fsp3) is 0. The van der Waals surface area contributed by atoms with Crippen LogP contribution in [0.4, 0.5) is 0 Å². The van der Waals surface area contributed by atoms with Crippen LogP contribution >= 0.6 is 35.2 Å². The van der Waals surface area contributed by atoms with E-state index in [1.807, 2.05) is 5.38 Å². The number of nitrogens with one attached hydrogen (secondary N) is 2. The molecule has 0 atom stereocenters. The third-order valence-corrected chi connectivity index (χ3v) is 3.15. The summed E-state index contributed by atoms with van der Waals surface area (Å²) in [7, 11) is 0. The minimum Gasteiger partial charge on any atom is -0.328 e. The van der Waals surface area contributed by atoms with Crippen LogP contribution in [-0.4, -0.2) is 11.0 Å². The summed E-state index contributed by atoms with van der Waals surface area (Å²) >= 11 is 12.1. The van der Waals surface area contributed by atoms with Crippen LogP contribution in [0.1, 0.15) is 4.88 Å². The van der Waals surface area contributed by atoms with E-state index in [0.717, 1.165) is 4.88 Å². The van der Waals surface area contributed by atoms with Crippen LogP contribution in [0.2, 0.25) is 5.02 Å². The molecule has 0 bridgehead atoms. The summed E-state index contributed by atoms with van der Waals surface area (Å²) in [6, 6.07) is 1.78. The highest BCUT2D eigenvalue weighted by Gasteiger charge is 2.20. The number of thiocarbonyl (C=S) groups is 1. The van der Waals surface area contributed by atoms with E-state index in [1.165, 1.54) is 11.3 Å². The molecule has 0 spiro atoms. The average Bonchev–Trinajstić information content (AvgIpc) is 2.62. The van der Waals surface area contributed by atoms with Gasteiger partial charge in [-0.3, -0.25) is 10.1 Å². The molecule has 0 aromatic carbocycles. The van der Waals surface area contributed by atoms with Gasteiger partial charge in [-0.05, 0) is 29.7 Å². The lowest BCUT2D eigenvalue weighted by Crippen LogP contribution is -2.21. The van der Waals surface area contributed by atoms with Gasteiger partial charge in [0.1, 0.15) is 5.70 Å². The number of carbonyl (C=O) groups is 1. The van der Waals surface area contributed by atoms with Crippen molar-refractivity contribution < 1.29 is 4.79 Å². The molecule has 72 valence electrons. The normalized spacial score (nSPS) is 18.5. The molecule has 1 fully saturated rings. The zero-order valence-electron chi connectivity index (χ0n) is 6.83. The maximum atomic E-state index is 11.3. The highest BCUT2D eigenvalue weighted by atomic mass is 35.5. The summed E-state index contributed by atoms with van der Waals surface area (Å²) in [5, 5.41) is 8.05. The van der Waals surface area contributed by atoms with Crippen LogP contribution in [0.3, 0.4) is 0 Å². The lowest BCUT2D eigenvalue weighted by Gasteiger charge is -1.93. The predicted octanol–water partition coefficient (Wildman–Crippen LogP) is 1.75. The van der Waals surface area contributed by atoms with E-state index in [2.05, 4.69) is 10.6 Å². The van der Waals surface area contributed by atoms with Gasteiger partial charge in [-0.25, -0.2) is 0 Å². The van der Waals surface area contributed by atoms with Crippen LogP contribution < -0.4 is 10.6 Å². The number of halogens is 1. The Bertz CT molecular complexity index is 438. The molecule has 14 heavy (non-hydrogen) atoms. The van der Waals surface area contributed by atoms with Crippen molar-refractivity contribution in [3.63, 3.8) is 0 Å². The van der Waals surface area contributed by atoms with Crippen molar-refractivity contribution in [2.45, 2.75) is 0 Å². The Morgan fingerprint density at radius 2 is 2.29 bits per heavy atom. The minimum absolute atomic E-state index is 0.223. The molecule has 1 aliphatic rings. The molecule has 1 amide bonds. The molecule has 2 N–H and O–H groups in total. The zero-order chi connectivity index (χ0) is 10.1. The second-order valence-corrected chi connectivity index (χ2v) is 4.36. The molecule has 1 saturated heterocycles. The molecule has 0 saturated carbocycles. The monoisotopic (exact) mass is 244 g/mol. The Kier molecular flexibility index (Phi) is 2.54. The van der Waals surface area contributed by atoms with E-state index in [4.69, 9.17) is 23.8 Å². The fourth-order valence-corrected chi connectivity index (χ4v) is 2.27. The van der Waals surface area contributed by atoms with E-state index in [-0.39, 0.29) is 5.91 Å². The molecule has 0 unspecified atom stereocenters. The number of carbonyl (C=O) groups excluding carboxylic acids is 1. The number of amides is 1. The topological polar surface area (TPSA) is 41.1 Å². The third kappa shape index (κ3) is 1.79. The lowest BCUT2D eigenvalue weighted by molar-refractivity contribution is -0.115. The van der Waals surface area contributed by atoms with E-state index in [9.17, 15) is 4.79 Å². The molecule has 2 rings (SSSR count). The van der Waals surface area contributed by atoms with Crippen molar-refractivity contribution in [1.82, 2.24) is 10.6 Å². The number of hydrogen-bond acceptors (Lipinski definition) is 3. The molecule has 0 radical (unpaired) electrons. The first kappa shape index (κ1) is 9.64. The first-order chi connectivity index (χ1) is 6.66. The van der Waals surface area contributed by atoms with Crippen LogP contribution in [0, 0.1) is 0 Å². The van der Waals surface area contributed by atoms with Crippen LogP contribution in [0.5, 0.6) is 0 Å². The fourth-order valence-electron chi connectivity index (χ4n) is 1.02. The molecule has 3 nitrogen and oxygen atoms in total. The molecule has 1 aliphatic heterocycles. The van der Waals surface area contributed by atoms with Crippen LogP contribution in [-0.2, 0) is 4.79 Å². The van der Waals surface area contributed by atoms with Crippen molar-refractivity contribution >= 4 is 52.3 Å². The Hall–Kier alpha value is -0.910. The molecule has 2 heterocycles. The Morgan fingerprint density at radius 3 is 2.79 bits per heavy atom. The van der Waals surface area contributed by atoms with Crippen molar-refractivity contribution in [2.24, 2.45) is 0 Å². The second-order valence-electron chi connectivity index (χ2n) is 2.60. The second kappa shape index (κ2) is 3.68. The van der Waals surface area contributed by atoms with Gasteiger partial charge in [0.15, 0.2) is 5.11 Å². The van der Waals surface area contributed by atoms with E-state index in [1.54, 1.807) is 12.1 Å². The smallest absolute Gasteiger partial charge is 0.273 e. The Morgan fingerprint density at radius 1 is 1.50 bits per heavy atom. The van der Waals surface area contributed by atoms with Gasteiger partial charge in [0.05, 0.1) is 5.02 Å². The molecular formula is C8H5ClN2OS2. The summed E-state index contributed by atoms with van der Waals surface area (Å²) in [6.07, 6.45) is 1.68. The molecule has 1 aromatic heterocycles. The van der Waals surface area contributed by atoms with E-state index in [0.29, 0.717) is 15.8 Å². The van der Waals surface area contributed by atoms with Crippen molar-refractivity contribution in [1.29, 1.82) is 0 Å². The van der Waals surface area contributed by atoms with Gasteiger partial charge in [0, 0.05) is 4.88 Å².